The molecule has 0 amide bonds. The van der Waals surface area contributed by atoms with Crippen molar-refractivity contribution in [1.82, 2.24) is 0 Å². The molecule has 1 nitrogen and oxygen atoms in total. The molecule has 0 saturated carbocycles. The molecular formula is C21H42Cl2NPTi-2. The van der Waals surface area contributed by atoms with Gasteiger partial charge in [0, 0.05) is 0 Å². The van der Waals surface area contributed by atoms with Crippen molar-refractivity contribution in [1.29, 1.82) is 3.83 Å². The Morgan fingerprint density at radius 1 is 0.923 bits per heavy atom. The van der Waals surface area contributed by atoms with Gasteiger partial charge in [0.05, 0.1) is 0 Å². The maximum absolute atomic E-state index is 5.75. The summed E-state index contributed by atoms with van der Waals surface area (Å²) in [4.78, 5) is 0. The third-order valence-electron chi connectivity index (χ3n) is 2.95. The summed E-state index contributed by atoms with van der Waals surface area (Å²) in [5, 5.41) is 1.35. The second kappa shape index (κ2) is 19.3. The first kappa shape index (κ1) is 37.7. The van der Waals surface area contributed by atoms with Crippen LogP contribution in [0.4, 0.5) is 0 Å². The van der Waals surface area contributed by atoms with Gasteiger partial charge >= 0.3 is 24.1 Å². The Morgan fingerprint density at radius 2 is 1.23 bits per heavy atom. The van der Waals surface area contributed by atoms with E-state index in [-0.39, 0.29) is 32.7 Å². The van der Waals surface area contributed by atoms with E-state index in [0.29, 0.717) is 15.5 Å². The average molecular weight is 458 g/mol. The molecule has 0 heterocycles. The summed E-state index contributed by atoms with van der Waals surface area (Å²) in [5.41, 5.74) is 0. The minimum atomic E-state index is 0. The summed E-state index contributed by atoms with van der Waals surface area (Å²) >= 11 is 1.25. The van der Waals surface area contributed by atoms with Crippen LogP contribution in [0.15, 0.2) is 18.2 Å². The molecule has 1 rings (SSSR count). The zero-order valence-electron chi connectivity index (χ0n) is 18.8. The van der Waals surface area contributed by atoms with E-state index in [2.05, 4.69) is 88.3 Å². The van der Waals surface area contributed by atoms with Crippen molar-refractivity contribution in [3.63, 3.8) is 0 Å². The Morgan fingerprint density at radius 3 is 1.27 bits per heavy atom. The van der Waals surface area contributed by atoms with Crippen LogP contribution in [0.2, 0.25) is 0 Å². The van der Waals surface area contributed by atoms with Crippen molar-refractivity contribution in [2.45, 2.75) is 104 Å². The van der Waals surface area contributed by atoms with Crippen LogP contribution in [-0.2, 0) is 20.3 Å². The van der Waals surface area contributed by atoms with Crippen molar-refractivity contribution in [2.24, 2.45) is 0 Å². The van der Waals surface area contributed by atoms with Crippen molar-refractivity contribution in [3.05, 3.63) is 31.2 Å². The summed E-state index contributed by atoms with van der Waals surface area (Å²) < 4.78 is 5.75. The molecule has 156 valence electrons. The van der Waals surface area contributed by atoms with Gasteiger partial charge in [-0.1, -0.05) is 83.6 Å². The van der Waals surface area contributed by atoms with Crippen LogP contribution in [0.25, 0.3) is 0 Å². The van der Waals surface area contributed by atoms with Gasteiger partial charge in [-0.3, -0.25) is 6.08 Å². The van der Waals surface area contributed by atoms with Gasteiger partial charge in [0.25, 0.3) is 0 Å². The predicted molar refractivity (Wildman–Crippen MR) is 111 cm³/mol. The van der Waals surface area contributed by atoms with Gasteiger partial charge in [-0.25, -0.2) is 12.2 Å². The monoisotopic (exact) mass is 457 g/mol. The second-order valence-corrected chi connectivity index (χ2v) is 13.4. The molecule has 0 radical (unpaired) electrons. The summed E-state index contributed by atoms with van der Waals surface area (Å²) in [6, 6.07) is 0. The van der Waals surface area contributed by atoms with E-state index in [1.54, 1.807) is 0 Å². The molecule has 0 spiro atoms. The Labute approximate surface area is 191 Å². The molecule has 0 bridgehead atoms. The Hall–Kier alpha value is 1.00. The molecule has 5 heteroatoms. The fourth-order valence-electron chi connectivity index (χ4n) is 3.36. The van der Waals surface area contributed by atoms with E-state index in [9.17, 15) is 0 Å². The quantitative estimate of drug-likeness (QED) is 0.354. The van der Waals surface area contributed by atoms with E-state index in [1.807, 2.05) is 12.2 Å². The number of hydrogen-bond acceptors (Lipinski definition) is 1. The van der Waals surface area contributed by atoms with Gasteiger partial charge in [-0.05, 0) is 15.5 Å². The van der Waals surface area contributed by atoms with Gasteiger partial charge < -0.3 is 31.7 Å². The number of rotatable bonds is 1. The normalized spacial score (nSPS) is 12.4. The number of allylic oxidation sites excluding steroid dienone is 4. The zero-order chi connectivity index (χ0) is 20.0. The molecule has 26 heavy (non-hydrogen) atoms. The van der Waals surface area contributed by atoms with Crippen molar-refractivity contribution < 1.29 is 45.1 Å². The Balaban J connectivity index is -0.0000000937. The molecule has 0 aromatic rings. The molecule has 1 aliphatic carbocycles. The van der Waals surface area contributed by atoms with E-state index >= 15 is 0 Å². The first-order valence-electron chi connectivity index (χ1n) is 8.85. The van der Waals surface area contributed by atoms with Gasteiger partial charge in [0.1, 0.15) is 0 Å². The van der Waals surface area contributed by atoms with Crippen LogP contribution >= 0.6 is 7.92 Å². The van der Waals surface area contributed by atoms with Crippen molar-refractivity contribution >= 4 is 7.92 Å². The minimum absolute atomic E-state index is 0. The summed E-state index contributed by atoms with van der Waals surface area (Å²) in [6.07, 6.45) is 12.3. The summed E-state index contributed by atoms with van der Waals surface area (Å²) in [7, 11) is 0.0162. The average Bonchev–Trinajstić information content (AvgIpc) is 2.94. The van der Waals surface area contributed by atoms with E-state index in [4.69, 9.17) is 3.83 Å². The standard InChI is InChI=1S/C12H27P.C5H5.C4H9.2ClH.HN.Ti/c1-10(2,3)13(11(4,5)6)12(7,8)9;1-2-4-5-3-1;1-3-4-2;;;;/h1-9H3;1-3H,4H2;1,3-4H2,2H3;3*1H;/q;2*-1;;;;+2/p-2. The third-order valence-corrected chi connectivity index (χ3v) is 6.98. The SMILES string of the molecule is CC(C)(C)P(C(C)(C)C)C(C)(C)C.[C-]1=CC=CC1.[CH2-]CCC.[Cl-].[Cl-].[NH]=[Ti+2]. The van der Waals surface area contributed by atoms with Crippen LogP contribution in [-0.4, -0.2) is 15.5 Å². The summed E-state index contributed by atoms with van der Waals surface area (Å²) in [5.74, 6) is 0. The Bertz CT molecular complexity index is 305. The third kappa shape index (κ3) is 23.0. The fraction of sp³-hybridized carbons (Fsp3) is 0.762. The van der Waals surface area contributed by atoms with Crippen LogP contribution in [0.5, 0.6) is 0 Å². The fourth-order valence-corrected chi connectivity index (χ4v) is 9.40. The van der Waals surface area contributed by atoms with Crippen LogP contribution in [0.3, 0.4) is 0 Å². The van der Waals surface area contributed by atoms with Crippen LogP contribution in [0.1, 0.15) is 88.5 Å². The van der Waals surface area contributed by atoms with Gasteiger partial charge in [0.2, 0.25) is 0 Å². The van der Waals surface area contributed by atoms with E-state index < -0.39 is 0 Å². The van der Waals surface area contributed by atoms with Gasteiger partial charge in [-0.15, -0.1) is 6.42 Å². The number of hydrogen-bond donors (Lipinski definition) is 1. The zero-order valence-corrected chi connectivity index (χ0v) is 22.7. The molecular weight excluding hydrogens is 416 g/mol. The maximum atomic E-state index is 5.75. The molecule has 1 N–H and O–H groups in total. The first-order chi connectivity index (χ1) is 10.8. The summed E-state index contributed by atoms with van der Waals surface area (Å²) in [6.45, 7) is 27.2. The van der Waals surface area contributed by atoms with Crippen molar-refractivity contribution in [2.75, 3.05) is 0 Å². The van der Waals surface area contributed by atoms with Gasteiger partial charge in [-0.2, -0.15) is 12.5 Å². The molecule has 0 saturated heterocycles. The number of unbranched alkanes of at least 4 members (excludes halogenated alkanes) is 1. The number of halogens is 2. The first-order valence-corrected chi connectivity index (χ1v) is 11.0. The molecule has 0 aromatic carbocycles. The van der Waals surface area contributed by atoms with Gasteiger partial charge in [0.15, 0.2) is 0 Å². The van der Waals surface area contributed by atoms with Crippen molar-refractivity contribution in [3.8, 4) is 0 Å². The topological polar surface area (TPSA) is 23.9 Å². The Kier molecular flexibility index (Phi) is 28.0. The van der Waals surface area contributed by atoms with Crippen LogP contribution in [0, 0.1) is 16.8 Å². The van der Waals surface area contributed by atoms with Crippen LogP contribution < -0.4 is 24.8 Å². The second-order valence-electron chi connectivity index (χ2n) is 8.70. The number of nitrogens with one attached hydrogen (secondary N) is 1. The van der Waals surface area contributed by atoms with E-state index in [1.165, 1.54) is 26.7 Å². The predicted octanol–water partition coefficient (Wildman–Crippen LogP) is 2.09. The molecule has 0 unspecified atom stereocenters. The van der Waals surface area contributed by atoms with E-state index in [0.717, 1.165) is 12.8 Å². The molecule has 0 aliphatic heterocycles. The molecule has 0 aromatic heterocycles. The molecule has 1 aliphatic rings. The molecule has 0 fully saturated rings. The molecule has 0 atom stereocenters.